The highest BCUT2D eigenvalue weighted by Gasteiger charge is 2.17. The normalized spacial score (nSPS) is 13.5. The van der Waals surface area contributed by atoms with Crippen molar-refractivity contribution in [2.24, 2.45) is 0 Å². The number of aryl methyl sites for hydroxylation is 2. The molecular weight excluding hydrogens is 290 g/mol. The zero-order valence-corrected chi connectivity index (χ0v) is 14.4. The lowest BCUT2D eigenvalue weighted by Crippen LogP contribution is -2.33. The molecule has 0 radical (unpaired) electrons. The summed E-state index contributed by atoms with van der Waals surface area (Å²) in [7, 11) is 0. The molecule has 1 amide bonds. The molecule has 0 fully saturated rings. The fourth-order valence-electron chi connectivity index (χ4n) is 2.33. The van der Waals surface area contributed by atoms with E-state index < -0.39 is 0 Å². The van der Waals surface area contributed by atoms with E-state index in [1.807, 2.05) is 44.2 Å². The Kier molecular flexibility index (Phi) is 5.67. The summed E-state index contributed by atoms with van der Waals surface area (Å²) < 4.78 is 0. The molecule has 116 valence electrons. The summed E-state index contributed by atoms with van der Waals surface area (Å²) in [6.07, 6.45) is 0. The average Bonchev–Trinajstić information content (AvgIpc) is 2.50. The van der Waals surface area contributed by atoms with Gasteiger partial charge in [0.05, 0.1) is 11.3 Å². The molecule has 0 saturated heterocycles. The highest BCUT2D eigenvalue weighted by molar-refractivity contribution is 8.00. The predicted octanol–water partition coefficient (Wildman–Crippen LogP) is 4.66. The van der Waals surface area contributed by atoms with Crippen LogP contribution in [0.3, 0.4) is 0 Å². The Balaban J connectivity index is 1.97. The maximum Gasteiger partial charge on any atom is 0.233 e. The molecule has 0 aromatic heterocycles. The summed E-state index contributed by atoms with van der Waals surface area (Å²) in [6, 6.07) is 16.4. The molecule has 3 heteroatoms. The van der Waals surface area contributed by atoms with Gasteiger partial charge in [-0.2, -0.15) is 0 Å². The van der Waals surface area contributed by atoms with Crippen molar-refractivity contribution in [1.82, 2.24) is 5.32 Å². The molecule has 2 aromatic carbocycles. The van der Waals surface area contributed by atoms with Gasteiger partial charge in [-0.3, -0.25) is 4.79 Å². The van der Waals surface area contributed by atoms with E-state index in [9.17, 15) is 4.79 Å². The van der Waals surface area contributed by atoms with E-state index in [0.29, 0.717) is 0 Å². The number of carbonyl (C=O) groups excluding carboxylic acids is 1. The third-order valence-electron chi connectivity index (χ3n) is 3.66. The molecule has 0 spiro atoms. The van der Waals surface area contributed by atoms with Crippen molar-refractivity contribution in [1.29, 1.82) is 0 Å². The van der Waals surface area contributed by atoms with Crippen molar-refractivity contribution in [2.75, 3.05) is 0 Å². The molecular formula is C19H23NOS. The second kappa shape index (κ2) is 7.50. The highest BCUT2D eigenvalue weighted by Crippen LogP contribution is 2.27. The van der Waals surface area contributed by atoms with Gasteiger partial charge in [-0.25, -0.2) is 0 Å². The van der Waals surface area contributed by atoms with Crippen molar-refractivity contribution < 1.29 is 4.79 Å². The lowest BCUT2D eigenvalue weighted by atomic mass is 10.1. The van der Waals surface area contributed by atoms with E-state index in [1.165, 1.54) is 16.0 Å². The van der Waals surface area contributed by atoms with Gasteiger partial charge >= 0.3 is 0 Å². The number of rotatable bonds is 5. The fraction of sp³-hybridized carbons (Fsp3) is 0.316. The lowest BCUT2D eigenvalue weighted by molar-refractivity contribution is -0.120. The summed E-state index contributed by atoms with van der Waals surface area (Å²) in [4.78, 5) is 13.5. The van der Waals surface area contributed by atoms with E-state index in [0.717, 1.165) is 5.56 Å². The van der Waals surface area contributed by atoms with Gasteiger partial charge in [-0.15, -0.1) is 11.8 Å². The molecule has 2 unspecified atom stereocenters. The molecule has 0 bridgehead atoms. The van der Waals surface area contributed by atoms with Crippen LogP contribution >= 0.6 is 11.8 Å². The van der Waals surface area contributed by atoms with Crippen molar-refractivity contribution in [3.05, 3.63) is 65.2 Å². The Morgan fingerprint density at radius 1 is 1.05 bits per heavy atom. The molecule has 2 rings (SSSR count). The minimum absolute atomic E-state index is 0.0239. The molecule has 2 atom stereocenters. The van der Waals surface area contributed by atoms with Crippen LogP contribution in [0.4, 0.5) is 0 Å². The Labute approximate surface area is 137 Å². The number of hydrogen-bond donors (Lipinski definition) is 1. The Morgan fingerprint density at radius 3 is 2.36 bits per heavy atom. The molecule has 2 aromatic rings. The van der Waals surface area contributed by atoms with Gasteiger partial charge in [0.25, 0.3) is 0 Å². The number of benzene rings is 2. The quantitative estimate of drug-likeness (QED) is 0.813. The molecule has 2 nitrogen and oxygen atoms in total. The smallest absolute Gasteiger partial charge is 0.233 e. The topological polar surface area (TPSA) is 29.1 Å². The molecule has 0 aliphatic rings. The van der Waals surface area contributed by atoms with Gasteiger partial charge in [-0.05, 0) is 44.9 Å². The number of carbonyl (C=O) groups is 1. The van der Waals surface area contributed by atoms with E-state index in [4.69, 9.17) is 0 Å². The maximum absolute atomic E-state index is 12.4. The average molecular weight is 313 g/mol. The number of hydrogen-bond acceptors (Lipinski definition) is 2. The monoisotopic (exact) mass is 313 g/mol. The molecule has 0 aliphatic carbocycles. The third kappa shape index (κ3) is 4.38. The zero-order valence-electron chi connectivity index (χ0n) is 13.6. The largest absolute Gasteiger partial charge is 0.349 e. The SMILES string of the molecule is Cc1ccc(SC(C)C(=O)NC(C)c2ccccc2)c(C)c1. The van der Waals surface area contributed by atoms with Crippen LogP contribution in [0.2, 0.25) is 0 Å². The van der Waals surface area contributed by atoms with Crippen LogP contribution in [0.1, 0.15) is 36.6 Å². The van der Waals surface area contributed by atoms with Gasteiger partial charge in [0.1, 0.15) is 0 Å². The van der Waals surface area contributed by atoms with Crippen molar-refractivity contribution in [3.63, 3.8) is 0 Å². The summed E-state index contributed by atoms with van der Waals surface area (Å²) in [5.74, 6) is 0.0707. The van der Waals surface area contributed by atoms with E-state index >= 15 is 0 Å². The van der Waals surface area contributed by atoms with Crippen LogP contribution in [0.15, 0.2) is 53.4 Å². The fourth-order valence-corrected chi connectivity index (χ4v) is 3.28. The molecule has 1 N–H and O–H groups in total. The molecule has 22 heavy (non-hydrogen) atoms. The van der Waals surface area contributed by atoms with Gasteiger partial charge in [-0.1, -0.05) is 48.0 Å². The van der Waals surface area contributed by atoms with Crippen LogP contribution < -0.4 is 5.32 Å². The van der Waals surface area contributed by atoms with E-state index in [2.05, 4.69) is 37.4 Å². The minimum atomic E-state index is -0.118. The van der Waals surface area contributed by atoms with Crippen LogP contribution in [0.5, 0.6) is 0 Å². The first-order chi connectivity index (χ1) is 10.5. The Bertz CT molecular complexity index is 639. The second-order valence-corrected chi connectivity index (χ2v) is 7.05. The second-order valence-electron chi connectivity index (χ2n) is 5.67. The van der Waals surface area contributed by atoms with Crippen LogP contribution in [-0.2, 0) is 4.79 Å². The molecule has 0 aliphatic heterocycles. The molecule has 0 heterocycles. The van der Waals surface area contributed by atoms with E-state index in [1.54, 1.807) is 11.8 Å². The first kappa shape index (κ1) is 16.6. The first-order valence-corrected chi connectivity index (χ1v) is 8.44. The van der Waals surface area contributed by atoms with Gasteiger partial charge in [0.2, 0.25) is 5.91 Å². The highest BCUT2D eigenvalue weighted by atomic mass is 32.2. The van der Waals surface area contributed by atoms with Crippen LogP contribution in [0.25, 0.3) is 0 Å². The zero-order chi connectivity index (χ0) is 16.1. The Hall–Kier alpha value is -1.74. The minimum Gasteiger partial charge on any atom is -0.349 e. The third-order valence-corrected chi connectivity index (χ3v) is 4.94. The molecule has 0 saturated carbocycles. The van der Waals surface area contributed by atoms with Crippen LogP contribution in [-0.4, -0.2) is 11.2 Å². The maximum atomic E-state index is 12.4. The standard InChI is InChI=1S/C19H23NOS/c1-13-10-11-18(14(2)12-13)22-16(4)19(21)20-15(3)17-8-6-5-7-9-17/h5-12,15-16H,1-4H3,(H,20,21). The summed E-state index contributed by atoms with van der Waals surface area (Å²) in [6.45, 7) is 8.14. The lowest BCUT2D eigenvalue weighted by Gasteiger charge is -2.18. The van der Waals surface area contributed by atoms with E-state index in [-0.39, 0.29) is 17.2 Å². The number of amides is 1. The van der Waals surface area contributed by atoms with Gasteiger partial charge in [0, 0.05) is 4.90 Å². The predicted molar refractivity (Wildman–Crippen MR) is 94.2 cm³/mol. The first-order valence-electron chi connectivity index (χ1n) is 7.56. The number of nitrogens with one attached hydrogen (secondary N) is 1. The number of thioether (sulfide) groups is 1. The van der Waals surface area contributed by atoms with Crippen molar-refractivity contribution >= 4 is 17.7 Å². The van der Waals surface area contributed by atoms with Crippen molar-refractivity contribution in [3.8, 4) is 0 Å². The summed E-state index contributed by atoms with van der Waals surface area (Å²) >= 11 is 1.61. The Morgan fingerprint density at radius 2 is 1.73 bits per heavy atom. The summed E-state index contributed by atoms with van der Waals surface area (Å²) in [5.41, 5.74) is 3.59. The van der Waals surface area contributed by atoms with Gasteiger partial charge < -0.3 is 5.32 Å². The van der Waals surface area contributed by atoms with Crippen molar-refractivity contribution in [2.45, 2.75) is 43.9 Å². The van der Waals surface area contributed by atoms with Gasteiger partial charge in [0.15, 0.2) is 0 Å². The van der Waals surface area contributed by atoms with Crippen LogP contribution in [0, 0.1) is 13.8 Å². The summed E-state index contributed by atoms with van der Waals surface area (Å²) in [5, 5.41) is 2.97.